The number of rotatable bonds is 1. The van der Waals surface area contributed by atoms with Crippen LogP contribution in [-0.4, -0.2) is 23.5 Å². The Morgan fingerprint density at radius 3 is 2.82 bits per heavy atom. The number of nitrogens with zero attached hydrogens (tertiary/aromatic N) is 1. The zero-order valence-electron chi connectivity index (χ0n) is 12.8. The molecule has 1 aliphatic rings. The molecule has 1 unspecified atom stereocenters. The van der Waals surface area contributed by atoms with Gasteiger partial charge in [0, 0.05) is 18.0 Å². The Morgan fingerprint density at radius 2 is 2.09 bits per heavy atom. The largest absolute Gasteiger partial charge is 0.487 e. The van der Waals surface area contributed by atoms with Crippen LogP contribution >= 0.6 is 0 Å². The molecule has 1 amide bonds. The normalized spacial score (nSPS) is 16.9. The number of nitrogens with one attached hydrogen (secondary N) is 1. The molecule has 2 heterocycles. The lowest BCUT2D eigenvalue weighted by molar-refractivity contribution is 0.0959. The van der Waals surface area contributed by atoms with Gasteiger partial charge in [-0.3, -0.25) is 9.59 Å². The second-order valence-corrected chi connectivity index (χ2v) is 5.71. The van der Waals surface area contributed by atoms with Gasteiger partial charge in [0.2, 0.25) is 0 Å². The van der Waals surface area contributed by atoms with E-state index in [-0.39, 0.29) is 23.0 Å². The van der Waals surface area contributed by atoms with Gasteiger partial charge in [0.15, 0.2) is 5.43 Å². The molecule has 0 saturated heterocycles. The van der Waals surface area contributed by atoms with Crippen molar-refractivity contribution in [2.75, 3.05) is 11.4 Å². The fraction of sp³-hybridized carbons (Fsp3) is 0.294. The number of pyridine rings is 1. The SMILES string of the molecule is Cc1ccc2c(c1)OC(C)CN2C(=O)c1c[nH]c(C)cc1=O. The maximum absolute atomic E-state index is 12.8. The maximum atomic E-state index is 12.8. The Hall–Kier alpha value is -2.56. The lowest BCUT2D eigenvalue weighted by Gasteiger charge is -2.33. The molecule has 0 aliphatic carbocycles. The number of aryl methyl sites for hydroxylation is 2. The number of aromatic nitrogens is 1. The molecule has 22 heavy (non-hydrogen) atoms. The molecule has 1 aromatic carbocycles. The van der Waals surface area contributed by atoms with Crippen molar-refractivity contribution in [1.29, 1.82) is 0 Å². The summed E-state index contributed by atoms with van der Waals surface area (Å²) < 4.78 is 5.80. The highest BCUT2D eigenvalue weighted by Gasteiger charge is 2.29. The van der Waals surface area contributed by atoms with E-state index in [1.54, 1.807) is 11.8 Å². The Morgan fingerprint density at radius 1 is 1.32 bits per heavy atom. The van der Waals surface area contributed by atoms with E-state index < -0.39 is 0 Å². The van der Waals surface area contributed by atoms with Gasteiger partial charge in [-0.05, 0) is 38.5 Å². The van der Waals surface area contributed by atoms with E-state index in [0.29, 0.717) is 18.0 Å². The van der Waals surface area contributed by atoms with Crippen LogP contribution in [-0.2, 0) is 0 Å². The first-order valence-corrected chi connectivity index (χ1v) is 7.24. The summed E-state index contributed by atoms with van der Waals surface area (Å²) in [6.07, 6.45) is 1.36. The molecule has 5 nitrogen and oxygen atoms in total. The number of carbonyl (C=O) groups excluding carboxylic acids is 1. The number of amides is 1. The van der Waals surface area contributed by atoms with Gasteiger partial charge in [0.1, 0.15) is 17.4 Å². The first-order valence-electron chi connectivity index (χ1n) is 7.24. The van der Waals surface area contributed by atoms with Crippen LogP contribution in [0.4, 0.5) is 5.69 Å². The van der Waals surface area contributed by atoms with E-state index >= 15 is 0 Å². The molecule has 1 aromatic heterocycles. The Kier molecular flexibility index (Phi) is 3.48. The van der Waals surface area contributed by atoms with Crippen molar-refractivity contribution >= 4 is 11.6 Å². The van der Waals surface area contributed by atoms with Crippen LogP contribution in [0.5, 0.6) is 5.75 Å². The van der Waals surface area contributed by atoms with Crippen molar-refractivity contribution in [3.8, 4) is 5.75 Å². The molecular formula is C17H18N2O3. The Bertz CT molecular complexity index is 795. The molecule has 5 heteroatoms. The van der Waals surface area contributed by atoms with Crippen molar-refractivity contribution in [2.24, 2.45) is 0 Å². The third-order valence-electron chi connectivity index (χ3n) is 3.71. The summed E-state index contributed by atoms with van der Waals surface area (Å²) in [6, 6.07) is 7.13. The van der Waals surface area contributed by atoms with E-state index in [0.717, 1.165) is 11.3 Å². The lowest BCUT2D eigenvalue weighted by atomic mass is 10.1. The fourth-order valence-electron chi connectivity index (χ4n) is 2.63. The minimum absolute atomic E-state index is 0.122. The number of fused-ring (bicyclic) bond motifs is 1. The van der Waals surface area contributed by atoms with Crippen molar-refractivity contribution < 1.29 is 9.53 Å². The van der Waals surface area contributed by atoms with Gasteiger partial charge in [-0.25, -0.2) is 0 Å². The highest BCUT2D eigenvalue weighted by molar-refractivity contribution is 6.07. The summed E-state index contributed by atoms with van der Waals surface area (Å²) in [5, 5.41) is 0. The molecule has 1 aliphatic heterocycles. The number of aromatic amines is 1. The van der Waals surface area contributed by atoms with Crippen molar-refractivity contribution in [3.05, 3.63) is 57.5 Å². The zero-order chi connectivity index (χ0) is 15.9. The molecule has 0 radical (unpaired) electrons. The highest BCUT2D eigenvalue weighted by atomic mass is 16.5. The number of hydrogen-bond acceptors (Lipinski definition) is 3. The van der Waals surface area contributed by atoms with Gasteiger partial charge in [-0.1, -0.05) is 6.07 Å². The fourth-order valence-corrected chi connectivity index (χ4v) is 2.63. The predicted molar refractivity (Wildman–Crippen MR) is 84.7 cm³/mol. The predicted octanol–water partition coefficient (Wildman–Crippen LogP) is 2.42. The Labute approximate surface area is 128 Å². The van der Waals surface area contributed by atoms with E-state index in [1.165, 1.54) is 12.3 Å². The molecule has 0 fully saturated rings. The summed E-state index contributed by atoms with van der Waals surface area (Å²) in [4.78, 5) is 29.4. The summed E-state index contributed by atoms with van der Waals surface area (Å²) >= 11 is 0. The topological polar surface area (TPSA) is 62.4 Å². The number of benzene rings is 1. The second kappa shape index (κ2) is 5.33. The van der Waals surface area contributed by atoms with Crippen LogP contribution in [0, 0.1) is 13.8 Å². The minimum Gasteiger partial charge on any atom is -0.487 e. The average Bonchev–Trinajstić information content (AvgIpc) is 2.45. The molecule has 0 bridgehead atoms. The molecule has 0 saturated carbocycles. The van der Waals surface area contributed by atoms with Gasteiger partial charge in [-0.2, -0.15) is 0 Å². The van der Waals surface area contributed by atoms with E-state index in [9.17, 15) is 9.59 Å². The first-order chi connectivity index (χ1) is 10.5. The maximum Gasteiger partial charge on any atom is 0.263 e. The zero-order valence-corrected chi connectivity index (χ0v) is 12.8. The van der Waals surface area contributed by atoms with Crippen LogP contribution < -0.4 is 15.1 Å². The van der Waals surface area contributed by atoms with Crippen molar-refractivity contribution in [3.63, 3.8) is 0 Å². The molecule has 1 N–H and O–H groups in total. The van der Waals surface area contributed by atoms with Gasteiger partial charge in [0.25, 0.3) is 5.91 Å². The van der Waals surface area contributed by atoms with Gasteiger partial charge in [0.05, 0.1) is 12.2 Å². The lowest BCUT2D eigenvalue weighted by Crippen LogP contribution is -2.43. The van der Waals surface area contributed by atoms with E-state index in [4.69, 9.17) is 4.74 Å². The van der Waals surface area contributed by atoms with Gasteiger partial charge < -0.3 is 14.6 Å². The monoisotopic (exact) mass is 298 g/mol. The third-order valence-corrected chi connectivity index (χ3v) is 3.71. The molecular weight excluding hydrogens is 280 g/mol. The minimum atomic E-state index is -0.304. The third kappa shape index (κ3) is 2.50. The summed E-state index contributed by atoms with van der Waals surface area (Å²) in [5.74, 6) is 0.372. The van der Waals surface area contributed by atoms with Crippen LogP contribution in [0.2, 0.25) is 0 Å². The van der Waals surface area contributed by atoms with Crippen LogP contribution in [0.25, 0.3) is 0 Å². The quantitative estimate of drug-likeness (QED) is 0.879. The van der Waals surface area contributed by atoms with Gasteiger partial charge in [-0.15, -0.1) is 0 Å². The Balaban J connectivity index is 2.05. The standard InChI is InChI=1S/C17H18N2O3/c1-10-4-5-14-16(6-10)22-12(3)9-19(14)17(21)13-8-18-11(2)7-15(13)20/h4-8,12H,9H2,1-3H3,(H,18,20). The number of H-pyrrole nitrogens is 1. The van der Waals surface area contributed by atoms with Crippen LogP contribution in [0.15, 0.2) is 35.3 Å². The highest BCUT2D eigenvalue weighted by Crippen LogP contribution is 2.34. The number of hydrogen-bond donors (Lipinski definition) is 1. The molecule has 0 spiro atoms. The average molecular weight is 298 g/mol. The second-order valence-electron chi connectivity index (χ2n) is 5.71. The first kappa shape index (κ1) is 14.4. The van der Waals surface area contributed by atoms with E-state index in [1.807, 2.05) is 32.0 Å². The smallest absolute Gasteiger partial charge is 0.263 e. The van der Waals surface area contributed by atoms with Crippen molar-refractivity contribution in [2.45, 2.75) is 26.9 Å². The number of carbonyl (C=O) groups is 1. The van der Waals surface area contributed by atoms with Crippen molar-refractivity contribution in [1.82, 2.24) is 4.98 Å². The number of anilines is 1. The van der Waals surface area contributed by atoms with E-state index in [2.05, 4.69) is 4.98 Å². The van der Waals surface area contributed by atoms with Crippen LogP contribution in [0.1, 0.15) is 28.5 Å². The summed E-state index contributed by atoms with van der Waals surface area (Å²) in [7, 11) is 0. The number of ether oxygens (including phenoxy) is 1. The van der Waals surface area contributed by atoms with Crippen LogP contribution in [0.3, 0.4) is 0 Å². The van der Waals surface area contributed by atoms with Gasteiger partial charge >= 0.3 is 0 Å². The summed E-state index contributed by atoms with van der Waals surface area (Å²) in [6.45, 7) is 6.08. The molecule has 1 atom stereocenters. The molecule has 2 aromatic rings. The molecule has 114 valence electrons. The molecule has 3 rings (SSSR count). The summed E-state index contributed by atoms with van der Waals surface area (Å²) in [5.41, 5.74) is 2.37.